The molecule has 4 aliphatic rings. The lowest BCUT2D eigenvalue weighted by molar-refractivity contribution is -0.248. The van der Waals surface area contributed by atoms with Gasteiger partial charge in [0.05, 0.1) is 23.2 Å². The largest absolute Gasteiger partial charge is 0.481 e. The quantitative estimate of drug-likeness (QED) is 0.326. The molecule has 36 heavy (non-hydrogen) atoms. The van der Waals surface area contributed by atoms with Gasteiger partial charge in [-0.2, -0.15) is 0 Å². The molecule has 0 atom stereocenters. The summed E-state index contributed by atoms with van der Waals surface area (Å²) in [5.41, 5.74) is 4.36. The normalized spacial score (nSPS) is 25.1. The molecule has 0 spiro atoms. The minimum Gasteiger partial charge on any atom is -0.481 e. The zero-order chi connectivity index (χ0) is 24.5. The van der Waals surface area contributed by atoms with Gasteiger partial charge in [-0.1, -0.05) is 18.2 Å². The van der Waals surface area contributed by atoms with Crippen LogP contribution in [0.2, 0.25) is 0 Å². The summed E-state index contributed by atoms with van der Waals surface area (Å²) < 4.78 is 2.12. The number of carbonyl (C=O) groups is 2. The molecule has 4 saturated carbocycles. The zero-order valence-corrected chi connectivity index (χ0v) is 20.0. The number of Topliss-reactive ketones (excluding diaryl/α,β-unsaturated/α-hetero) is 1. The molecule has 2 bridgehead atoms. The van der Waals surface area contributed by atoms with Crippen molar-refractivity contribution in [2.45, 2.75) is 45.1 Å². The minimum atomic E-state index is -0.656. The van der Waals surface area contributed by atoms with E-state index in [1.807, 2.05) is 48.8 Å². The lowest BCUT2D eigenvalue weighted by Gasteiger charge is -2.72. The molecular weight excluding hydrogens is 450 g/mol. The standard InChI is InChI=1S/C30H27N3O3/c34-25(14-29(9-10-29)30-17-28(18-30,19-30)27(35)36)24-3-1-2-21-8-13-33(26(21)24)16-23-5-4-22(15-32-23)20-6-11-31-12-7-20/h1-8,11-13,15H,9-10,14,16-19H2,(H,35,36). The summed E-state index contributed by atoms with van der Waals surface area (Å²) in [4.78, 5) is 34.0. The minimum absolute atomic E-state index is 0.00517. The summed E-state index contributed by atoms with van der Waals surface area (Å²) in [6.45, 7) is 0.584. The second kappa shape index (κ2) is 7.36. The molecule has 1 aromatic carbocycles. The van der Waals surface area contributed by atoms with E-state index in [1.54, 1.807) is 12.4 Å². The maximum Gasteiger partial charge on any atom is 0.309 e. The number of benzene rings is 1. The topological polar surface area (TPSA) is 85.1 Å². The van der Waals surface area contributed by atoms with Crippen LogP contribution in [0.25, 0.3) is 22.0 Å². The average molecular weight is 478 g/mol. The molecule has 0 saturated heterocycles. The lowest BCUT2D eigenvalue weighted by atomic mass is 9.30. The summed E-state index contributed by atoms with van der Waals surface area (Å²) in [6, 6.07) is 16.0. The van der Waals surface area contributed by atoms with E-state index in [4.69, 9.17) is 0 Å². The molecule has 6 heteroatoms. The van der Waals surface area contributed by atoms with Crippen LogP contribution in [0.5, 0.6) is 0 Å². The van der Waals surface area contributed by atoms with Gasteiger partial charge in [0.2, 0.25) is 0 Å². The SMILES string of the molecule is O=C(CC1(C23CC(C(=O)O)(C2)C3)CC1)c1cccc2ccn(Cc3ccc(-c4ccncc4)cn3)c12. The van der Waals surface area contributed by atoms with Crippen molar-refractivity contribution < 1.29 is 14.7 Å². The molecule has 1 N–H and O–H groups in total. The van der Waals surface area contributed by atoms with Gasteiger partial charge in [0, 0.05) is 47.7 Å². The molecule has 0 radical (unpaired) electrons. The van der Waals surface area contributed by atoms with Crippen LogP contribution in [-0.2, 0) is 11.3 Å². The van der Waals surface area contributed by atoms with Gasteiger partial charge >= 0.3 is 5.97 Å². The first kappa shape index (κ1) is 21.5. The lowest BCUT2D eigenvalue weighted by Crippen LogP contribution is -2.69. The number of carboxylic acid groups (broad SMARTS) is 1. The molecule has 4 fully saturated rings. The molecule has 3 aromatic heterocycles. The number of fused-ring (bicyclic) bond motifs is 1. The third-order valence-corrected chi connectivity index (χ3v) is 9.22. The van der Waals surface area contributed by atoms with E-state index in [9.17, 15) is 14.7 Å². The fraction of sp³-hybridized carbons (Fsp3) is 0.333. The summed E-state index contributed by atoms with van der Waals surface area (Å²) in [6.07, 6.45) is 12.3. The molecule has 0 amide bonds. The Balaban J connectivity index is 1.13. The molecule has 6 nitrogen and oxygen atoms in total. The second-order valence-corrected chi connectivity index (χ2v) is 11.2. The van der Waals surface area contributed by atoms with Gasteiger partial charge < -0.3 is 9.67 Å². The number of ketones is 1. The Morgan fingerprint density at radius 3 is 2.39 bits per heavy atom. The van der Waals surface area contributed by atoms with Crippen molar-refractivity contribution in [3.63, 3.8) is 0 Å². The van der Waals surface area contributed by atoms with E-state index >= 15 is 0 Å². The zero-order valence-electron chi connectivity index (χ0n) is 20.0. The summed E-state index contributed by atoms with van der Waals surface area (Å²) in [5, 5.41) is 10.6. The van der Waals surface area contributed by atoms with Gasteiger partial charge in [-0.3, -0.25) is 19.6 Å². The van der Waals surface area contributed by atoms with Gasteiger partial charge in [-0.15, -0.1) is 0 Å². The van der Waals surface area contributed by atoms with Crippen molar-refractivity contribution in [2.75, 3.05) is 0 Å². The molecule has 4 aromatic rings. The number of hydrogen-bond acceptors (Lipinski definition) is 4. The third-order valence-electron chi connectivity index (χ3n) is 9.22. The van der Waals surface area contributed by atoms with Gasteiger partial charge in [0.15, 0.2) is 5.78 Å². The highest BCUT2D eigenvalue weighted by Gasteiger charge is 2.80. The Kier molecular flexibility index (Phi) is 4.39. The van der Waals surface area contributed by atoms with Crippen LogP contribution in [0, 0.1) is 16.2 Å². The van der Waals surface area contributed by atoms with E-state index in [2.05, 4.69) is 26.7 Å². The molecular formula is C30H27N3O3. The van der Waals surface area contributed by atoms with Crippen LogP contribution in [0.1, 0.15) is 54.6 Å². The van der Waals surface area contributed by atoms with E-state index in [-0.39, 0.29) is 16.6 Å². The highest BCUT2D eigenvalue weighted by Crippen LogP contribution is 2.85. The van der Waals surface area contributed by atoms with Crippen LogP contribution in [0.15, 0.2) is 73.3 Å². The van der Waals surface area contributed by atoms with Gasteiger partial charge in [0.25, 0.3) is 0 Å². The predicted octanol–water partition coefficient (Wildman–Crippen LogP) is 5.75. The number of carboxylic acids is 1. The highest BCUT2D eigenvalue weighted by atomic mass is 16.4. The Bertz CT molecular complexity index is 1500. The van der Waals surface area contributed by atoms with Crippen molar-refractivity contribution in [3.05, 3.63) is 84.6 Å². The highest BCUT2D eigenvalue weighted by molar-refractivity contribution is 6.07. The first-order valence-electron chi connectivity index (χ1n) is 12.6. The van der Waals surface area contributed by atoms with Crippen LogP contribution in [0.3, 0.4) is 0 Å². The van der Waals surface area contributed by atoms with Crippen LogP contribution in [-0.4, -0.2) is 31.4 Å². The van der Waals surface area contributed by atoms with Crippen molar-refractivity contribution in [1.29, 1.82) is 0 Å². The summed E-state index contributed by atoms with van der Waals surface area (Å²) in [7, 11) is 0. The van der Waals surface area contributed by atoms with Gasteiger partial charge in [-0.25, -0.2) is 0 Å². The van der Waals surface area contributed by atoms with Crippen molar-refractivity contribution in [2.24, 2.45) is 16.2 Å². The first-order chi connectivity index (χ1) is 17.4. The molecule has 0 unspecified atom stereocenters. The van der Waals surface area contributed by atoms with Crippen LogP contribution >= 0.6 is 0 Å². The summed E-state index contributed by atoms with van der Waals surface area (Å²) in [5.74, 6) is -0.482. The number of carbonyl (C=O) groups excluding carboxylic acids is 1. The Hall–Kier alpha value is -3.80. The monoisotopic (exact) mass is 477 g/mol. The number of hydrogen-bond donors (Lipinski definition) is 1. The van der Waals surface area contributed by atoms with Gasteiger partial charge in [0.1, 0.15) is 0 Å². The smallest absolute Gasteiger partial charge is 0.309 e. The molecule has 3 heterocycles. The van der Waals surface area contributed by atoms with Gasteiger partial charge in [-0.05, 0) is 78.8 Å². The number of pyridine rings is 2. The average Bonchev–Trinajstić information content (AvgIpc) is 3.48. The molecule has 180 valence electrons. The first-order valence-corrected chi connectivity index (χ1v) is 12.6. The number of aromatic nitrogens is 3. The number of nitrogens with zero attached hydrogens (tertiary/aromatic N) is 3. The maximum atomic E-state index is 13.7. The van der Waals surface area contributed by atoms with E-state index < -0.39 is 11.4 Å². The number of aliphatic carboxylic acids is 1. The third kappa shape index (κ3) is 3.03. The number of rotatable bonds is 8. The predicted molar refractivity (Wildman–Crippen MR) is 135 cm³/mol. The Morgan fingerprint density at radius 1 is 0.944 bits per heavy atom. The van der Waals surface area contributed by atoms with E-state index in [0.717, 1.165) is 65.4 Å². The molecule has 0 aliphatic heterocycles. The maximum absolute atomic E-state index is 13.7. The Labute approximate surface area is 209 Å². The van der Waals surface area contributed by atoms with E-state index in [0.29, 0.717) is 13.0 Å². The number of para-hydroxylation sites is 1. The van der Waals surface area contributed by atoms with Crippen molar-refractivity contribution in [3.8, 4) is 11.1 Å². The molecule has 4 aliphatic carbocycles. The van der Waals surface area contributed by atoms with Crippen molar-refractivity contribution >= 4 is 22.7 Å². The fourth-order valence-electron chi connectivity index (χ4n) is 7.05. The van der Waals surface area contributed by atoms with Crippen molar-refractivity contribution in [1.82, 2.24) is 14.5 Å². The second-order valence-electron chi connectivity index (χ2n) is 11.2. The Morgan fingerprint density at radius 2 is 1.72 bits per heavy atom. The van der Waals surface area contributed by atoms with Crippen LogP contribution < -0.4 is 0 Å². The fourth-order valence-corrected chi connectivity index (χ4v) is 7.05. The molecule has 8 rings (SSSR count). The van der Waals surface area contributed by atoms with E-state index in [1.165, 1.54) is 0 Å². The summed E-state index contributed by atoms with van der Waals surface area (Å²) >= 11 is 0. The van der Waals surface area contributed by atoms with Crippen LogP contribution in [0.4, 0.5) is 0 Å².